The van der Waals surface area contributed by atoms with Crippen LogP contribution in [-0.2, 0) is 12.7 Å². The van der Waals surface area contributed by atoms with Gasteiger partial charge in [-0.1, -0.05) is 11.2 Å². The monoisotopic (exact) mass is 299 g/mol. The van der Waals surface area contributed by atoms with Gasteiger partial charge in [0.1, 0.15) is 11.5 Å². The van der Waals surface area contributed by atoms with Gasteiger partial charge in [0.25, 0.3) is 5.91 Å². The average Bonchev–Trinajstić information content (AvgIpc) is 2.80. The van der Waals surface area contributed by atoms with E-state index in [9.17, 15) is 18.0 Å². The number of alkyl halides is 3. The molecule has 2 rings (SSSR count). The van der Waals surface area contributed by atoms with Crippen molar-refractivity contribution in [1.82, 2.24) is 10.5 Å². The summed E-state index contributed by atoms with van der Waals surface area (Å²) in [5, 5.41) is 6.10. The van der Waals surface area contributed by atoms with E-state index >= 15 is 0 Å². The van der Waals surface area contributed by atoms with Crippen LogP contribution in [0.2, 0.25) is 0 Å². The van der Waals surface area contributed by atoms with E-state index in [-0.39, 0.29) is 12.1 Å². The molecule has 0 fully saturated rings. The van der Waals surface area contributed by atoms with Gasteiger partial charge < -0.3 is 15.6 Å². The van der Waals surface area contributed by atoms with Crippen molar-refractivity contribution < 1.29 is 22.5 Å². The number of nitrogen functional groups attached to an aromatic ring is 1. The number of benzene rings is 1. The maximum absolute atomic E-state index is 12.7. The van der Waals surface area contributed by atoms with Crippen LogP contribution in [0.4, 0.5) is 18.9 Å². The summed E-state index contributed by atoms with van der Waals surface area (Å²) in [6.45, 7) is 1.72. The molecule has 0 radical (unpaired) electrons. The molecule has 1 amide bonds. The quantitative estimate of drug-likeness (QED) is 0.853. The molecule has 5 nitrogen and oxygen atoms in total. The van der Waals surface area contributed by atoms with Crippen LogP contribution in [0.1, 0.15) is 27.4 Å². The predicted octanol–water partition coefficient (Wildman–Crippen LogP) is 2.51. The lowest BCUT2D eigenvalue weighted by atomic mass is 10.1. The van der Waals surface area contributed by atoms with Gasteiger partial charge in [-0.2, -0.15) is 13.2 Å². The maximum atomic E-state index is 12.7. The fourth-order valence-corrected chi connectivity index (χ4v) is 1.78. The molecule has 1 heterocycles. The largest absolute Gasteiger partial charge is 0.418 e. The molecule has 0 spiro atoms. The van der Waals surface area contributed by atoms with Crippen molar-refractivity contribution >= 4 is 11.6 Å². The first kappa shape index (κ1) is 14.9. The third-order valence-electron chi connectivity index (χ3n) is 2.76. The second-order valence-electron chi connectivity index (χ2n) is 4.38. The summed E-state index contributed by atoms with van der Waals surface area (Å²) in [5.74, 6) is -0.142. The second kappa shape index (κ2) is 5.47. The lowest BCUT2D eigenvalue weighted by molar-refractivity contribution is -0.136. The summed E-state index contributed by atoms with van der Waals surface area (Å²) < 4.78 is 42.9. The lowest BCUT2D eigenvalue weighted by Gasteiger charge is -2.13. The van der Waals surface area contributed by atoms with E-state index in [1.165, 1.54) is 6.07 Å². The van der Waals surface area contributed by atoms with Crippen LogP contribution in [0.25, 0.3) is 0 Å². The van der Waals surface area contributed by atoms with Crippen LogP contribution in [0, 0.1) is 6.92 Å². The van der Waals surface area contributed by atoms with Crippen LogP contribution < -0.4 is 11.1 Å². The number of hydrogen-bond donors (Lipinski definition) is 2. The van der Waals surface area contributed by atoms with Gasteiger partial charge in [-0.15, -0.1) is 0 Å². The number of para-hydroxylation sites is 1. The zero-order valence-electron chi connectivity index (χ0n) is 11.0. The molecule has 2 aromatic rings. The molecule has 0 saturated heterocycles. The lowest BCUT2D eigenvalue weighted by Crippen LogP contribution is -2.25. The Kier molecular flexibility index (Phi) is 3.88. The first-order chi connectivity index (χ1) is 9.79. The fraction of sp³-hybridized carbons (Fsp3) is 0.231. The number of nitrogens with two attached hydrogens (primary N) is 1. The van der Waals surface area contributed by atoms with Gasteiger partial charge in [0, 0.05) is 6.07 Å². The molecule has 0 aliphatic rings. The first-order valence-corrected chi connectivity index (χ1v) is 5.95. The van der Waals surface area contributed by atoms with Gasteiger partial charge in [-0.25, -0.2) is 0 Å². The topological polar surface area (TPSA) is 81.2 Å². The molecule has 21 heavy (non-hydrogen) atoms. The Balaban J connectivity index is 2.16. The van der Waals surface area contributed by atoms with Gasteiger partial charge in [0.05, 0.1) is 23.4 Å². The number of hydrogen-bond acceptors (Lipinski definition) is 4. The molecule has 1 aromatic carbocycles. The van der Waals surface area contributed by atoms with Crippen molar-refractivity contribution in [3.05, 3.63) is 46.8 Å². The van der Waals surface area contributed by atoms with Crippen molar-refractivity contribution in [2.75, 3.05) is 5.73 Å². The summed E-state index contributed by atoms with van der Waals surface area (Å²) in [4.78, 5) is 11.9. The third kappa shape index (κ3) is 3.33. The molecular formula is C13H12F3N3O2. The van der Waals surface area contributed by atoms with Crippen molar-refractivity contribution in [2.24, 2.45) is 0 Å². The number of carbonyl (C=O) groups is 1. The first-order valence-electron chi connectivity index (χ1n) is 5.95. The van der Waals surface area contributed by atoms with Gasteiger partial charge in [-0.3, -0.25) is 4.79 Å². The Labute approximate surface area is 117 Å². The summed E-state index contributed by atoms with van der Waals surface area (Å²) >= 11 is 0. The average molecular weight is 299 g/mol. The van der Waals surface area contributed by atoms with E-state index in [4.69, 9.17) is 10.3 Å². The smallest absolute Gasteiger partial charge is 0.398 e. The molecule has 0 saturated carbocycles. The molecule has 0 unspecified atom stereocenters. The van der Waals surface area contributed by atoms with Gasteiger partial charge >= 0.3 is 6.18 Å². The van der Waals surface area contributed by atoms with Crippen molar-refractivity contribution in [2.45, 2.75) is 19.6 Å². The van der Waals surface area contributed by atoms with E-state index in [2.05, 4.69) is 10.5 Å². The number of rotatable bonds is 3. The Hall–Kier alpha value is -2.51. The van der Waals surface area contributed by atoms with Crippen LogP contribution in [0.3, 0.4) is 0 Å². The SMILES string of the molecule is Cc1cc(CNC(=O)c2cccc(C(F)(F)F)c2N)no1. The van der Waals surface area contributed by atoms with Gasteiger partial charge in [-0.05, 0) is 19.1 Å². The van der Waals surface area contributed by atoms with E-state index in [0.29, 0.717) is 11.5 Å². The minimum atomic E-state index is -4.61. The molecule has 0 atom stereocenters. The standard InChI is InChI=1S/C13H12F3N3O2/c1-7-5-8(19-21-7)6-18-12(20)9-3-2-4-10(11(9)17)13(14,15)16/h2-5H,6,17H2,1H3,(H,18,20). The number of halogens is 3. The highest BCUT2D eigenvalue weighted by atomic mass is 19.4. The third-order valence-corrected chi connectivity index (χ3v) is 2.76. The van der Waals surface area contributed by atoms with E-state index in [1.54, 1.807) is 13.0 Å². The van der Waals surface area contributed by atoms with E-state index in [0.717, 1.165) is 12.1 Å². The summed E-state index contributed by atoms with van der Waals surface area (Å²) in [6, 6.07) is 4.80. The molecular weight excluding hydrogens is 287 g/mol. The molecule has 8 heteroatoms. The number of nitrogens with zero attached hydrogens (tertiary/aromatic N) is 1. The second-order valence-corrected chi connectivity index (χ2v) is 4.38. The Morgan fingerprint density at radius 3 is 2.71 bits per heavy atom. The number of nitrogens with one attached hydrogen (secondary N) is 1. The molecule has 0 bridgehead atoms. The number of amides is 1. The maximum Gasteiger partial charge on any atom is 0.418 e. The van der Waals surface area contributed by atoms with Gasteiger partial charge in [0.2, 0.25) is 0 Å². The van der Waals surface area contributed by atoms with Crippen LogP contribution in [0.15, 0.2) is 28.8 Å². The highest BCUT2D eigenvalue weighted by Gasteiger charge is 2.34. The number of aromatic nitrogens is 1. The highest BCUT2D eigenvalue weighted by molar-refractivity contribution is 5.99. The molecule has 0 aliphatic heterocycles. The van der Waals surface area contributed by atoms with Crippen molar-refractivity contribution in [1.29, 1.82) is 0 Å². The minimum Gasteiger partial charge on any atom is -0.398 e. The summed E-state index contributed by atoms with van der Waals surface area (Å²) in [5.41, 5.74) is 4.03. The normalized spacial score (nSPS) is 11.4. The zero-order valence-corrected chi connectivity index (χ0v) is 11.0. The van der Waals surface area contributed by atoms with Crippen LogP contribution in [-0.4, -0.2) is 11.1 Å². The minimum absolute atomic E-state index is 0.0336. The Morgan fingerprint density at radius 1 is 1.43 bits per heavy atom. The Morgan fingerprint density at radius 2 is 2.14 bits per heavy atom. The van der Waals surface area contributed by atoms with Crippen molar-refractivity contribution in [3.63, 3.8) is 0 Å². The highest BCUT2D eigenvalue weighted by Crippen LogP contribution is 2.34. The fourth-order valence-electron chi connectivity index (χ4n) is 1.78. The molecule has 1 aromatic heterocycles. The predicted molar refractivity (Wildman–Crippen MR) is 68.3 cm³/mol. The molecule has 0 aliphatic carbocycles. The molecule has 112 valence electrons. The summed E-state index contributed by atoms with van der Waals surface area (Å²) in [7, 11) is 0. The number of carbonyl (C=O) groups excluding carboxylic acids is 1. The van der Waals surface area contributed by atoms with E-state index < -0.39 is 23.3 Å². The summed E-state index contributed by atoms with van der Waals surface area (Å²) in [6.07, 6.45) is -4.61. The number of aryl methyl sites for hydroxylation is 1. The van der Waals surface area contributed by atoms with Crippen LogP contribution in [0.5, 0.6) is 0 Å². The van der Waals surface area contributed by atoms with Gasteiger partial charge in [0.15, 0.2) is 0 Å². The van der Waals surface area contributed by atoms with Crippen molar-refractivity contribution in [3.8, 4) is 0 Å². The number of anilines is 1. The van der Waals surface area contributed by atoms with Crippen LogP contribution >= 0.6 is 0 Å². The zero-order chi connectivity index (χ0) is 15.6. The molecule has 3 N–H and O–H groups in total. The Bertz CT molecular complexity index is 665. The van der Waals surface area contributed by atoms with E-state index in [1.807, 2.05) is 0 Å².